The Hall–Kier alpha value is -3.08. The van der Waals surface area contributed by atoms with Gasteiger partial charge in [0, 0.05) is 37.7 Å². The quantitative estimate of drug-likeness (QED) is 0.504. The molecule has 0 atom stereocenters. The zero-order valence-corrected chi connectivity index (χ0v) is 21.2. The van der Waals surface area contributed by atoms with Crippen LogP contribution in [0.5, 0.6) is 0 Å². The first-order valence-electron chi connectivity index (χ1n) is 12.4. The molecule has 0 saturated carbocycles. The minimum absolute atomic E-state index is 0.0382. The predicted molar refractivity (Wildman–Crippen MR) is 134 cm³/mol. The van der Waals surface area contributed by atoms with Crippen molar-refractivity contribution < 1.29 is 17.7 Å². The molecule has 0 N–H and O–H groups in total. The second kappa shape index (κ2) is 10.5. The lowest BCUT2D eigenvalue weighted by Crippen LogP contribution is -2.52. The van der Waals surface area contributed by atoms with Gasteiger partial charge in [-0.3, -0.25) is 9.69 Å². The summed E-state index contributed by atoms with van der Waals surface area (Å²) in [6, 6.07) is 16.4. The van der Waals surface area contributed by atoms with E-state index in [1.165, 1.54) is 4.31 Å². The average Bonchev–Trinajstić information content (AvgIpc) is 3.37. The van der Waals surface area contributed by atoms with Gasteiger partial charge in [0.05, 0.1) is 11.4 Å². The number of piperidine rings is 1. The van der Waals surface area contributed by atoms with Crippen molar-refractivity contribution in [2.75, 3.05) is 39.3 Å². The summed E-state index contributed by atoms with van der Waals surface area (Å²) in [5.74, 6) is 1.27. The summed E-state index contributed by atoms with van der Waals surface area (Å²) in [6.07, 6.45) is 1.53. The first-order chi connectivity index (χ1) is 17.4. The molecule has 3 heterocycles. The van der Waals surface area contributed by atoms with Crippen LogP contribution in [0.25, 0.3) is 11.4 Å². The molecule has 1 amide bonds. The third kappa shape index (κ3) is 5.21. The summed E-state index contributed by atoms with van der Waals surface area (Å²) < 4.78 is 32.7. The maximum Gasteiger partial charge on any atom is 0.243 e. The average molecular weight is 510 g/mol. The molecule has 36 heavy (non-hydrogen) atoms. The Kier molecular flexibility index (Phi) is 7.17. The Bertz CT molecular complexity index is 1290. The van der Waals surface area contributed by atoms with Crippen molar-refractivity contribution in [3.05, 3.63) is 66.1 Å². The van der Waals surface area contributed by atoms with E-state index in [-0.39, 0.29) is 11.8 Å². The summed E-state index contributed by atoms with van der Waals surface area (Å²) in [5, 5.41) is 4.14. The highest BCUT2D eigenvalue weighted by atomic mass is 32.2. The summed E-state index contributed by atoms with van der Waals surface area (Å²) in [6.45, 7) is 5.64. The molecule has 5 rings (SSSR count). The molecule has 2 aliphatic heterocycles. The van der Waals surface area contributed by atoms with E-state index in [2.05, 4.69) is 15.0 Å². The van der Waals surface area contributed by atoms with E-state index >= 15 is 0 Å². The minimum atomic E-state index is -3.52. The van der Waals surface area contributed by atoms with Crippen LogP contribution in [-0.2, 0) is 21.4 Å². The normalized spacial score (nSPS) is 18.4. The zero-order chi connectivity index (χ0) is 25.1. The summed E-state index contributed by atoms with van der Waals surface area (Å²) >= 11 is 0. The maximum atomic E-state index is 13.1. The van der Waals surface area contributed by atoms with Gasteiger partial charge in [0.15, 0.2) is 0 Å². The van der Waals surface area contributed by atoms with Gasteiger partial charge in [0.2, 0.25) is 27.6 Å². The molecule has 9 nitrogen and oxygen atoms in total. The van der Waals surface area contributed by atoms with Crippen LogP contribution in [0.4, 0.5) is 0 Å². The van der Waals surface area contributed by atoms with Gasteiger partial charge < -0.3 is 9.42 Å². The summed E-state index contributed by atoms with van der Waals surface area (Å²) in [7, 11) is -3.52. The number of nitrogens with zero attached hydrogens (tertiary/aromatic N) is 5. The fourth-order valence-electron chi connectivity index (χ4n) is 4.93. The lowest BCUT2D eigenvalue weighted by molar-refractivity contribution is -0.138. The van der Waals surface area contributed by atoms with E-state index in [9.17, 15) is 13.2 Å². The van der Waals surface area contributed by atoms with Crippen molar-refractivity contribution in [3.8, 4) is 11.4 Å². The molecule has 0 aliphatic carbocycles. The van der Waals surface area contributed by atoms with Gasteiger partial charge in [-0.05, 0) is 50.6 Å². The standard InChI is InChI=1S/C26H31N5O4S/c1-20-7-5-6-10-23(20)25-27-24(35-28-25)19-29-13-11-21(12-14-29)26(32)30-15-17-31(18-16-30)36(33,34)22-8-3-2-4-9-22/h2-10,21H,11-19H2,1H3. The number of carbonyl (C=O) groups excluding carboxylic acids is 1. The second-order valence-electron chi connectivity index (χ2n) is 9.42. The molecule has 190 valence electrons. The number of amides is 1. The van der Waals surface area contributed by atoms with Crippen LogP contribution < -0.4 is 0 Å². The third-order valence-corrected chi connectivity index (χ3v) is 8.99. The van der Waals surface area contributed by atoms with E-state index < -0.39 is 10.0 Å². The number of carbonyl (C=O) groups is 1. The minimum Gasteiger partial charge on any atom is -0.340 e. The first kappa shape index (κ1) is 24.6. The molecule has 3 aromatic rings. The maximum absolute atomic E-state index is 13.1. The van der Waals surface area contributed by atoms with Gasteiger partial charge in [0.1, 0.15) is 0 Å². The second-order valence-corrected chi connectivity index (χ2v) is 11.4. The van der Waals surface area contributed by atoms with E-state index in [0.29, 0.717) is 49.3 Å². The SMILES string of the molecule is Cc1ccccc1-c1noc(CN2CCC(C(=O)N3CCN(S(=O)(=O)c4ccccc4)CC3)CC2)n1. The van der Waals surface area contributed by atoms with Gasteiger partial charge in [0.25, 0.3) is 0 Å². The van der Waals surface area contributed by atoms with Gasteiger partial charge in [-0.2, -0.15) is 9.29 Å². The lowest BCUT2D eigenvalue weighted by atomic mass is 9.95. The molecule has 0 spiro atoms. The van der Waals surface area contributed by atoms with Gasteiger partial charge in [-0.15, -0.1) is 0 Å². The molecular formula is C26H31N5O4S. The number of benzene rings is 2. The predicted octanol–water partition coefficient (Wildman–Crippen LogP) is 2.79. The fourth-order valence-corrected chi connectivity index (χ4v) is 6.37. The fraction of sp³-hybridized carbons (Fsp3) is 0.423. The first-order valence-corrected chi connectivity index (χ1v) is 13.8. The molecule has 0 unspecified atom stereocenters. The van der Waals surface area contributed by atoms with Crippen LogP contribution in [0.15, 0.2) is 64.0 Å². The number of sulfonamides is 1. The van der Waals surface area contributed by atoms with Crippen LogP contribution in [0.2, 0.25) is 0 Å². The van der Waals surface area contributed by atoms with Crippen molar-refractivity contribution in [2.45, 2.75) is 31.2 Å². The summed E-state index contributed by atoms with van der Waals surface area (Å²) in [4.78, 5) is 22.1. The van der Waals surface area contributed by atoms with Crippen molar-refractivity contribution in [1.29, 1.82) is 0 Å². The van der Waals surface area contributed by atoms with E-state index in [4.69, 9.17) is 4.52 Å². The molecule has 2 fully saturated rings. The van der Waals surface area contributed by atoms with E-state index in [0.717, 1.165) is 37.1 Å². The van der Waals surface area contributed by atoms with Gasteiger partial charge in [-0.1, -0.05) is 47.6 Å². The monoisotopic (exact) mass is 509 g/mol. The van der Waals surface area contributed by atoms with Crippen molar-refractivity contribution in [2.24, 2.45) is 5.92 Å². The molecule has 0 bridgehead atoms. The third-order valence-electron chi connectivity index (χ3n) is 7.08. The molecule has 2 aliphatic rings. The number of rotatable bonds is 6. The van der Waals surface area contributed by atoms with Crippen LogP contribution in [0, 0.1) is 12.8 Å². The van der Waals surface area contributed by atoms with E-state index in [1.54, 1.807) is 30.3 Å². The van der Waals surface area contributed by atoms with Crippen LogP contribution >= 0.6 is 0 Å². The van der Waals surface area contributed by atoms with Gasteiger partial charge >= 0.3 is 0 Å². The molecule has 2 aromatic carbocycles. The Morgan fingerprint density at radius 1 is 0.944 bits per heavy atom. The smallest absolute Gasteiger partial charge is 0.243 e. The van der Waals surface area contributed by atoms with Crippen LogP contribution in [0.1, 0.15) is 24.3 Å². The highest BCUT2D eigenvalue weighted by Gasteiger charge is 2.34. The van der Waals surface area contributed by atoms with Gasteiger partial charge in [-0.25, -0.2) is 8.42 Å². The lowest BCUT2D eigenvalue weighted by Gasteiger charge is -2.38. The van der Waals surface area contributed by atoms with Crippen molar-refractivity contribution >= 4 is 15.9 Å². The number of hydrogen-bond donors (Lipinski definition) is 0. The number of hydrogen-bond acceptors (Lipinski definition) is 7. The molecule has 10 heteroatoms. The Morgan fingerprint density at radius 2 is 1.61 bits per heavy atom. The van der Waals surface area contributed by atoms with Crippen LogP contribution in [0.3, 0.4) is 0 Å². The highest BCUT2D eigenvalue weighted by molar-refractivity contribution is 7.89. The highest BCUT2D eigenvalue weighted by Crippen LogP contribution is 2.24. The van der Waals surface area contributed by atoms with Crippen molar-refractivity contribution in [3.63, 3.8) is 0 Å². The van der Waals surface area contributed by atoms with E-state index in [1.807, 2.05) is 36.1 Å². The molecule has 1 aromatic heterocycles. The molecule has 2 saturated heterocycles. The number of likely N-dealkylation sites (tertiary alicyclic amines) is 1. The Labute approximate surface area is 211 Å². The Morgan fingerprint density at radius 3 is 2.31 bits per heavy atom. The van der Waals surface area contributed by atoms with Crippen LogP contribution in [-0.4, -0.2) is 77.8 Å². The topological polar surface area (TPSA) is 99.9 Å². The molecular weight excluding hydrogens is 478 g/mol. The largest absolute Gasteiger partial charge is 0.340 e. The van der Waals surface area contributed by atoms with Crippen molar-refractivity contribution in [1.82, 2.24) is 24.2 Å². The number of aryl methyl sites for hydroxylation is 1. The number of piperazine rings is 1. The zero-order valence-electron chi connectivity index (χ0n) is 20.4. The molecule has 0 radical (unpaired) electrons. The summed E-state index contributed by atoms with van der Waals surface area (Å²) in [5.41, 5.74) is 2.07. The Balaban J connectivity index is 1.10. The number of aromatic nitrogens is 2.